The zero-order chi connectivity index (χ0) is 14.3. The maximum Gasteiger partial charge on any atom is 0.138 e. The van der Waals surface area contributed by atoms with E-state index in [0.29, 0.717) is 16.6 Å². The van der Waals surface area contributed by atoms with Crippen LogP contribution in [0.2, 0.25) is 10.0 Å². The van der Waals surface area contributed by atoms with Gasteiger partial charge in [0.1, 0.15) is 5.75 Å². The molecule has 2 aliphatic carbocycles. The van der Waals surface area contributed by atoms with Crippen LogP contribution in [-0.2, 0) is 6.54 Å². The smallest absolute Gasteiger partial charge is 0.138 e. The van der Waals surface area contributed by atoms with E-state index in [0.717, 1.165) is 29.9 Å². The van der Waals surface area contributed by atoms with E-state index in [1.165, 1.54) is 25.7 Å². The molecular weight excluding hydrogens is 293 g/mol. The van der Waals surface area contributed by atoms with E-state index in [4.69, 9.17) is 23.2 Å². The standard InChI is InChI=1S/C16H21Cl2NO/c1-19(8-12-5-10-2-3-11(12)4-10)9-13-6-14(17)7-15(18)16(13)20/h6-7,10-12,20H,2-5,8-9H2,1H3. The highest BCUT2D eigenvalue weighted by molar-refractivity contribution is 6.35. The van der Waals surface area contributed by atoms with Gasteiger partial charge in [-0.05, 0) is 56.2 Å². The van der Waals surface area contributed by atoms with Crippen LogP contribution in [0.4, 0.5) is 0 Å². The first kappa shape index (κ1) is 14.5. The summed E-state index contributed by atoms with van der Waals surface area (Å²) in [4.78, 5) is 2.28. The summed E-state index contributed by atoms with van der Waals surface area (Å²) in [7, 11) is 2.11. The Morgan fingerprint density at radius 2 is 2.05 bits per heavy atom. The number of phenolic OH excluding ortho intramolecular Hbond substituents is 1. The van der Waals surface area contributed by atoms with Crippen LogP contribution in [0.1, 0.15) is 31.2 Å². The van der Waals surface area contributed by atoms with E-state index in [-0.39, 0.29) is 5.75 Å². The number of nitrogens with zero attached hydrogens (tertiary/aromatic N) is 1. The molecule has 3 atom stereocenters. The lowest BCUT2D eigenvalue weighted by Crippen LogP contribution is -2.28. The van der Waals surface area contributed by atoms with Gasteiger partial charge in [0.25, 0.3) is 0 Å². The van der Waals surface area contributed by atoms with Crippen LogP contribution in [0.15, 0.2) is 12.1 Å². The first-order chi connectivity index (χ1) is 9.52. The first-order valence-corrected chi connectivity index (χ1v) is 8.14. The number of hydrogen-bond donors (Lipinski definition) is 1. The molecule has 0 aromatic heterocycles. The van der Waals surface area contributed by atoms with E-state index in [1.54, 1.807) is 12.1 Å². The lowest BCUT2D eigenvalue weighted by molar-refractivity contribution is 0.213. The van der Waals surface area contributed by atoms with Gasteiger partial charge in [0.05, 0.1) is 5.02 Å². The third-order valence-corrected chi connectivity index (χ3v) is 5.48. The molecule has 4 heteroatoms. The SMILES string of the molecule is CN(Cc1cc(Cl)cc(Cl)c1O)CC1CC2CCC1C2. The van der Waals surface area contributed by atoms with Crippen molar-refractivity contribution in [2.75, 3.05) is 13.6 Å². The zero-order valence-electron chi connectivity index (χ0n) is 11.8. The Kier molecular flexibility index (Phi) is 4.16. The molecule has 0 heterocycles. The van der Waals surface area contributed by atoms with Crippen molar-refractivity contribution in [3.8, 4) is 5.75 Å². The average Bonchev–Trinajstić information content (AvgIpc) is 2.97. The Balaban J connectivity index is 1.63. The Morgan fingerprint density at radius 1 is 1.25 bits per heavy atom. The minimum absolute atomic E-state index is 0.163. The number of halogens is 2. The molecule has 0 saturated heterocycles. The largest absolute Gasteiger partial charge is 0.506 e. The van der Waals surface area contributed by atoms with Gasteiger partial charge in [0.2, 0.25) is 0 Å². The van der Waals surface area contributed by atoms with Crippen molar-refractivity contribution in [1.29, 1.82) is 0 Å². The molecule has 1 aromatic carbocycles. The second-order valence-electron chi connectivity index (χ2n) is 6.53. The monoisotopic (exact) mass is 313 g/mol. The minimum Gasteiger partial charge on any atom is -0.506 e. The molecule has 0 amide bonds. The summed E-state index contributed by atoms with van der Waals surface area (Å²) in [6.45, 7) is 1.80. The van der Waals surface area contributed by atoms with Crippen LogP contribution in [-0.4, -0.2) is 23.6 Å². The fourth-order valence-corrected chi connectivity index (χ4v) is 4.63. The fraction of sp³-hybridized carbons (Fsp3) is 0.625. The molecule has 20 heavy (non-hydrogen) atoms. The average molecular weight is 314 g/mol. The molecule has 2 bridgehead atoms. The number of fused-ring (bicyclic) bond motifs is 2. The van der Waals surface area contributed by atoms with Gasteiger partial charge in [-0.15, -0.1) is 0 Å². The molecule has 3 unspecified atom stereocenters. The molecule has 0 radical (unpaired) electrons. The topological polar surface area (TPSA) is 23.5 Å². The summed E-state index contributed by atoms with van der Waals surface area (Å²) in [5.74, 6) is 2.90. The Morgan fingerprint density at radius 3 is 2.70 bits per heavy atom. The van der Waals surface area contributed by atoms with Crippen LogP contribution < -0.4 is 0 Å². The molecular formula is C16H21Cl2NO. The zero-order valence-corrected chi connectivity index (χ0v) is 13.3. The van der Waals surface area contributed by atoms with E-state index in [2.05, 4.69) is 11.9 Å². The summed E-state index contributed by atoms with van der Waals surface area (Å²) < 4.78 is 0. The van der Waals surface area contributed by atoms with E-state index >= 15 is 0 Å². The quantitative estimate of drug-likeness (QED) is 0.880. The summed E-state index contributed by atoms with van der Waals surface area (Å²) in [5.41, 5.74) is 0.813. The molecule has 2 fully saturated rings. The van der Waals surface area contributed by atoms with Crippen molar-refractivity contribution >= 4 is 23.2 Å². The maximum absolute atomic E-state index is 10.0. The van der Waals surface area contributed by atoms with Gasteiger partial charge in [0, 0.05) is 23.7 Å². The van der Waals surface area contributed by atoms with Crippen molar-refractivity contribution in [2.24, 2.45) is 17.8 Å². The highest BCUT2D eigenvalue weighted by Gasteiger charge is 2.39. The number of rotatable bonds is 4. The number of aromatic hydroxyl groups is 1. The summed E-state index contributed by atoms with van der Waals surface area (Å²) in [6, 6.07) is 3.39. The van der Waals surface area contributed by atoms with Crippen molar-refractivity contribution in [1.82, 2.24) is 4.90 Å². The summed E-state index contributed by atoms with van der Waals surface area (Å²) in [6.07, 6.45) is 5.68. The van der Waals surface area contributed by atoms with Crippen molar-refractivity contribution < 1.29 is 5.11 Å². The van der Waals surface area contributed by atoms with Gasteiger partial charge in [0.15, 0.2) is 0 Å². The maximum atomic E-state index is 10.0. The van der Waals surface area contributed by atoms with E-state index < -0.39 is 0 Å². The van der Waals surface area contributed by atoms with Crippen LogP contribution in [0.3, 0.4) is 0 Å². The van der Waals surface area contributed by atoms with Crippen molar-refractivity contribution in [3.63, 3.8) is 0 Å². The van der Waals surface area contributed by atoms with Crippen LogP contribution in [0.25, 0.3) is 0 Å². The molecule has 3 rings (SSSR count). The van der Waals surface area contributed by atoms with E-state index in [1.807, 2.05) is 0 Å². The Hall–Kier alpha value is -0.440. The number of hydrogen-bond acceptors (Lipinski definition) is 2. The number of benzene rings is 1. The lowest BCUT2D eigenvalue weighted by atomic mass is 9.88. The van der Waals surface area contributed by atoms with Gasteiger partial charge in [-0.1, -0.05) is 29.6 Å². The van der Waals surface area contributed by atoms with Gasteiger partial charge in [-0.3, -0.25) is 0 Å². The molecule has 2 nitrogen and oxygen atoms in total. The number of phenols is 1. The van der Waals surface area contributed by atoms with Crippen LogP contribution in [0, 0.1) is 17.8 Å². The van der Waals surface area contributed by atoms with Gasteiger partial charge in [-0.2, -0.15) is 0 Å². The van der Waals surface area contributed by atoms with Crippen molar-refractivity contribution in [2.45, 2.75) is 32.2 Å². The second-order valence-corrected chi connectivity index (χ2v) is 7.37. The molecule has 2 aliphatic rings. The molecule has 0 aliphatic heterocycles. The van der Waals surface area contributed by atoms with Gasteiger partial charge < -0.3 is 10.0 Å². The summed E-state index contributed by atoms with van der Waals surface area (Å²) >= 11 is 12.0. The fourth-order valence-electron chi connectivity index (χ4n) is 4.10. The predicted octanol–water partition coefficient (Wildman–Crippen LogP) is 4.57. The highest BCUT2D eigenvalue weighted by Crippen LogP contribution is 2.48. The Bertz CT molecular complexity index is 505. The predicted molar refractivity (Wildman–Crippen MR) is 83.4 cm³/mol. The molecule has 2 saturated carbocycles. The summed E-state index contributed by atoms with van der Waals surface area (Å²) in [5, 5.41) is 10.9. The third-order valence-electron chi connectivity index (χ3n) is 4.98. The highest BCUT2D eigenvalue weighted by atomic mass is 35.5. The molecule has 1 N–H and O–H groups in total. The molecule has 0 spiro atoms. The van der Waals surface area contributed by atoms with Crippen molar-refractivity contribution in [3.05, 3.63) is 27.7 Å². The Labute approximate surface area is 130 Å². The third kappa shape index (κ3) is 2.93. The normalized spacial score (nSPS) is 28.5. The van der Waals surface area contributed by atoms with Gasteiger partial charge >= 0.3 is 0 Å². The molecule has 110 valence electrons. The second kappa shape index (κ2) is 5.75. The van der Waals surface area contributed by atoms with E-state index in [9.17, 15) is 5.11 Å². The lowest BCUT2D eigenvalue weighted by Gasteiger charge is -2.27. The first-order valence-electron chi connectivity index (χ1n) is 7.38. The minimum atomic E-state index is 0.163. The van der Waals surface area contributed by atoms with Crippen LogP contribution in [0.5, 0.6) is 5.75 Å². The van der Waals surface area contributed by atoms with Gasteiger partial charge in [-0.25, -0.2) is 0 Å². The molecule has 1 aromatic rings. The van der Waals surface area contributed by atoms with Crippen LogP contribution >= 0.6 is 23.2 Å².